The molecule has 0 spiro atoms. The lowest BCUT2D eigenvalue weighted by atomic mass is 9.83. The third-order valence-electron chi connectivity index (χ3n) is 8.93. The fourth-order valence-corrected chi connectivity index (χ4v) is 6.86. The fraction of sp³-hybridized carbons (Fsp3) is 0.417. The molecule has 2 saturated heterocycles. The van der Waals surface area contributed by atoms with Crippen molar-refractivity contribution in [2.24, 2.45) is 11.8 Å². The highest BCUT2D eigenvalue weighted by molar-refractivity contribution is 5.71. The lowest BCUT2D eigenvalue weighted by molar-refractivity contribution is -0.142. The van der Waals surface area contributed by atoms with Crippen molar-refractivity contribution in [1.82, 2.24) is 0 Å². The molecule has 2 fully saturated rings. The van der Waals surface area contributed by atoms with Gasteiger partial charge in [0.1, 0.15) is 12.7 Å². The van der Waals surface area contributed by atoms with E-state index in [1.807, 2.05) is 24.3 Å². The summed E-state index contributed by atoms with van der Waals surface area (Å²) in [7, 11) is 4.59. The predicted octanol–water partition coefficient (Wildman–Crippen LogP) is 5.42. The van der Waals surface area contributed by atoms with Gasteiger partial charge in [-0.15, -0.1) is 0 Å². The van der Waals surface area contributed by atoms with Crippen LogP contribution in [0.3, 0.4) is 0 Å². The molecule has 3 aliphatic heterocycles. The number of carbonyl (C=O) groups excluding carboxylic acids is 3. The minimum atomic E-state index is -0.565. The summed E-state index contributed by atoms with van der Waals surface area (Å²) in [4.78, 5) is 35.1. The summed E-state index contributed by atoms with van der Waals surface area (Å²) in [5.74, 6) is 0.889. The number of benzene rings is 3. The number of rotatable bonds is 10. The highest BCUT2D eigenvalue weighted by Gasteiger charge is 2.49. The first-order valence-corrected chi connectivity index (χ1v) is 15.6. The molecule has 3 aromatic rings. The smallest absolute Gasteiger partial charge is 0.308 e. The highest BCUT2D eigenvalue weighted by atomic mass is 16.6. The van der Waals surface area contributed by atoms with Gasteiger partial charge in [-0.05, 0) is 53.1 Å². The molecule has 6 rings (SSSR count). The third kappa shape index (κ3) is 6.37. The van der Waals surface area contributed by atoms with Crippen LogP contribution in [0.2, 0.25) is 0 Å². The molecule has 0 radical (unpaired) electrons. The van der Waals surface area contributed by atoms with E-state index in [1.54, 1.807) is 31.4 Å². The molecule has 6 atom stereocenters. The summed E-state index contributed by atoms with van der Waals surface area (Å²) < 4.78 is 52.3. The summed E-state index contributed by atoms with van der Waals surface area (Å²) in [6, 6.07) is 14.6. The molecule has 0 aromatic heterocycles. The summed E-state index contributed by atoms with van der Waals surface area (Å²) in [5, 5.41) is 0. The second-order valence-electron chi connectivity index (χ2n) is 11.9. The Balaban J connectivity index is 1.30. The predicted molar refractivity (Wildman–Crippen MR) is 169 cm³/mol. The van der Waals surface area contributed by atoms with E-state index in [2.05, 4.69) is 0 Å². The molecule has 254 valence electrons. The molecular formula is C36H38O12. The first kappa shape index (κ1) is 33.1. The Morgan fingerprint density at radius 2 is 1.12 bits per heavy atom. The Morgan fingerprint density at radius 1 is 0.625 bits per heavy atom. The minimum absolute atomic E-state index is 0.0417. The van der Waals surface area contributed by atoms with Gasteiger partial charge in [0.2, 0.25) is 0 Å². The molecule has 0 amide bonds. The molecule has 3 aromatic carbocycles. The second-order valence-corrected chi connectivity index (χ2v) is 11.9. The first-order valence-electron chi connectivity index (χ1n) is 15.6. The second kappa shape index (κ2) is 13.7. The molecule has 3 aliphatic rings. The summed E-state index contributed by atoms with van der Waals surface area (Å²) in [6.45, 7) is 5.02. The summed E-state index contributed by atoms with van der Waals surface area (Å²) in [6.07, 6.45) is -1.10. The molecular weight excluding hydrogens is 624 g/mol. The van der Waals surface area contributed by atoms with Crippen molar-refractivity contribution in [3.63, 3.8) is 0 Å². The molecule has 12 heteroatoms. The number of hydrogen-bond acceptors (Lipinski definition) is 12. The van der Waals surface area contributed by atoms with E-state index in [0.717, 1.165) is 22.3 Å². The van der Waals surface area contributed by atoms with Crippen LogP contribution in [0.25, 0.3) is 0 Å². The van der Waals surface area contributed by atoms with Crippen LogP contribution in [0, 0.1) is 11.8 Å². The van der Waals surface area contributed by atoms with E-state index in [9.17, 15) is 14.4 Å². The van der Waals surface area contributed by atoms with E-state index in [-0.39, 0.29) is 36.4 Å². The number of fused-ring (bicyclic) bond motifs is 2. The average molecular weight is 663 g/mol. The van der Waals surface area contributed by atoms with Gasteiger partial charge >= 0.3 is 17.9 Å². The molecule has 12 nitrogen and oxygen atoms in total. The number of carbonyl (C=O) groups is 3. The first-order chi connectivity index (χ1) is 23.1. The van der Waals surface area contributed by atoms with Gasteiger partial charge in [-0.2, -0.15) is 0 Å². The molecule has 0 bridgehead atoms. The van der Waals surface area contributed by atoms with Crippen LogP contribution in [0.4, 0.5) is 0 Å². The Bertz CT molecular complexity index is 1720. The van der Waals surface area contributed by atoms with Crippen molar-refractivity contribution in [2.75, 3.05) is 41.2 Å². The van der Waals surface area contributed by atoms with Crippen LogP contribution in [0.15, 0.2) is 48.5 Å². The highest BCUT2D eigenvalue weighted by Crippen LogP contribution is 2.56. The van der Waals surface area contributed by atoms with Crippen molar-refractivity contribution >= 4 is 17.9 Å². The fourth-order valence-electron chi connectivity index (χ4n) is 6.86. The van der Waals surface area contributed by atoms with Crippen LogP contribution in [0.1, 0.15) is 67.3 Å². The molecule has 0 unspecified atom stereocenters. The van der Waals surface area contributed by atoms with E-state index < -0.39 is 29.9 Å². The van der Waals surface area contributed by atoms with Gasteiger partial charge in [-0.1, -0.05) is 12.1 Å². The van der Waals surface area contributed by atoms with E-state index in [1.165, 1.54) is 35.0 Å². The standard InChI is InChI=1S/C36H38O12/c1-18(37)43-15-25-24-11-23(14-32(42-6)36(24)48-35(25)22-8-10-29(47-20(3)39)31(13-22)41-5)34-27-17-44-33(26(27)16-45-34)21-7-9-28(46-19(2)38)30(12-21)40-4/h7-14,25-27,33-35H,15-17H2,1-6H3/t25-,26-,27+,33-,34+,35+/m1/s1. The van der Waals surface area contributed by atoms with E-state index in [0.29, 0.717) is 42.0 Å². The minimum Gasteiger partial charge on any atom is -0.493 e. The maximum atomic E-state index is 12.0. The normalized spacial score (nSPS) is 23.8. The van der Waals surface area contributed by atoms with Gasteiger partial charge < -0.3 is 42.6 Å². The van der Waals surface area contributed by atoms with E-state index in [4.69, 9.17) is 42.6 Å². The molecule has 0 saturated carbocycles. The lowest BCUT2D eigenvalue weighted by Crippen LogP contribution is -2.17. The molecule has 0 aliphatic carbocycles. The van der Waals surface area contributed by atoms with Crippen LogP contribution >= 0.6 is 0 Å². The quantitative estimate of drug-likeness (QED) is 0.203. The monoisotopic (exact) mass is 662 g/mol. The van der Waals surface area contributed by atoms with Crippen molar-refractivity contribution in [1.29, 1.82) is 0 Å². The maximum absolute atomic E-state index is 12.0. The van der Waals surface area contributed by atoms with Gasteiger partial charge in [-0.3, -0.25) is 14.4 Å². The topological polar surface area (TPSA) is 134 Å². The van der Waals surface area contributed by atoms with Crippen molar-refractivity contribution in [2.45, 2.75) is 45.0 Å². The van der Waals surface area contributed by atoms with Gasteiger partial charge in [-0.25, -0.2) is 0 Å². The van der Waals surface area contributed by atoms with Crippen LogP contribution in [-0.2, 0) is 28.6 Å². The van der Waals surface area contributed by atoms with Crippen molar-refractivity contribution in [3.05, 3.63) is 70.8 Å². The summed E-state index contributed by atoms with van der Waals surface area (Å²) >= 11 is 0. The maximum Gasteiger partial charge on any atom is 0.308 e. The molecule has 48 heavy (non-hydrogen) atoms. The molecule has 3 heterocycles. The SMILES string of the molecule is COc1cc([C@H]2OC[C@H]3[C@H]2CO[C@H]3c2cc(OC)c3c(c2)[C@@H](COC(C)=O)[C@H](c2ccc(OC(C)=O)c(OC)c2)O3)ccc1OC(C)=O. The van der Waals surface area contributed by atoms with Gasteiger partial charge in [0.25, 0.3) is 0 Å². The van der Waals surface area contributed by atoms with Gasteiger partial charge in [0, 0.05) is 38.2 Å². The Labute approximate surface area is 278 Å². The third-order valence-corrected chi connectivity index (χ3v) is 8.93. The van der Waals surface area contributed by atoms with Crippen LogP contribution in [0.5, 0.6) is 34.5 Å². The number of methoxy groups -OCH3 is 3. The lowest BCUT2D eigenvalue weighted by Gasteiger charge is -2.21. The average Bonchev–Trinajstić information content (AvgIpc) is 3.77. The van der Waals surface area contributed by atoms with Crippen molar-refractivity contribution in [3.8, 4) is 34.5 Å². The zero-order valence-electron chi connectivity index (χ0n) is 27.6. The number of esters is 3. The summed E-state index contributed by atoms with van der Waals surface area (Å²) in [5.41, 5.74) is 3.34. The van der Waals surface area contributed by atoms with Crippen LogP contribution in [-0.4, -0.2) is 59.1 Å². The molecule has 0 N–H and O–H groups in total. The number of hydrogen-bond donors (Lipinski definition) is 0. The Morgan fingerprint density at radius 3 is 1.62 bits per heavy atom. The zero-order valence-corrected chi connectivity index (χ0v) is 27.6. The van der Waals surface area contributed by atoms with Gasteiger partial charge in [0.15, 0.2) is 34.5 Å². The van der Waals surface area contributed by atoms with Crippen molar-refractivity contribution < 1.29 is 57.0 Å². The Kier molecular flexibility index (Phi) is 9.47. The zero-order chi connectivity index (χ0) is 34.1. The number of ether oxygens (including phenoxy) is 9. The Hall–Kier alpha value is -4.81. The largest absolute Gasteiger partial charge is 0.493 e. The van der Waals surface area contributed by atoms with E-state index >= 15 is 0 Å². The van der Waals surface area contributed by atoms with Crippen LogP contribution < -0.4 is 28.4 Å². The van der Waals surface area contributed by atoms with Gasteiger partial charge in [0.05, 0.1) is 52.7 Å².